The number of carbonyl (C=O) groups is 1. The fourth-order valence-corrected chi connectivity index (χ4v) is 1.94. The number of benzene rings is 1. The highest BCUT2D eigenvalue weighted by atomic mass is 16.3. The summed E-state index contributed by atoms with van der Waals surface area (Å²) in [6, 6.07) is 7.75. The Morgan fingerprint density at radius 3 is 2.40 bits per heavy atom. The van der Waals surface area contributed by atoms with Crippen LogP contribution in [0.4, 0.5) is 10.5 Å². The van der Waals surface area contributed by atoms with Crippen molar-refractivity contribution in [2.75, 3.05) is 25.0 Å². The lowest BCUT2D eigenvalue weighted by Crippen LogP contribution is -2.37. The van der Waals surface area contributed by atoms with Gasteiger partial charge >= 0.3 is 6.03 Å². The Morgan fingerprint density at radius 1 is 1.25 bits per heavy atom. The molecular weight excluding hydrogens is 252 g/mol. The zero-order chi connectivity index (χ0) is 15.0. The lowest BCUT2D eigenvalue weighted by atomic mass is 10.0. The lowest BCUT2D eigenvalue weighted by Gasteiger charge is -2.22. The number of nitrogens with zero attached hydrogens (tertiary/aromatic N) is 1. The maximum Gasteiger partial charge on any atom is 0.321 e. The summed E-state index contributed by atoms with van der Waals surface area (Å²) in [6.45, 7) is 7.40. The third-order valence-corrected chi connectivity index (χ3v) is 3.27. The molecule has 0 aliphatic rings. The highest BCUT2D eigenvalue weighted by molar-refractivity contribution is 5.89. The number of hydrogen-bond donors (Lipinski definition) is 2. The van der Waals surface area contributed by atoms with Crippen molar-refractivity contribution in [3.63, 3.8) is 0 Å². The van der Waals surface area contributed by atoms with Crippen molar-refractivity contribution >= 4 is 11.7 Å². The molecule has 0 aliphatic carbocycles. The van der Waals surface area contributed by atoms with Crippen LogP contribution in [0.3, 0.4) is 0 Å². The van der Waals surface area contributed by atoms with Crippen LogP contribution >= 0.6 is 0 Å². The number of urea groups is 1. The number of carbonyl (C=O) groups excluding carboxylic acids is 1. The fourth-order valence-electron chi connectivity index (χ4n) is 1.94. The molecule has 2 amide bonds. The van der Waals surface area contributed by atoms with E-state index in [1.54, 1.807) is 4.90 Å². The summed E-state index contributed by atoms with van der Waals surface area (Å²) < 4.78 is 0. The molecule has 1 rings (SSSR count). The van der Waals surface area contributed by atoms with Gasteiger partial charge in [0.1, 0.15) is 0 Å². The molecule has 0 fully saturated rings. The first-order chi connectivity index (χ1) is 9.58. The minimum Gasteiger partial charge on any atom is -0.395 e. The average molecular weight is 278 g/mol. The van der Waals surface area contributed by atoms with Crippen LogP contribution in [-0.4, -0.2) is 35.7 Å². The first kappa shape index (κ1) is 16.5. The summed E-state index contributed by atoms with van der Waals surface area (Å²) in [7, 11) is 0. The Labute approximate surface area is 121 Å². The van der Waals surface area contributed by atoms with Crippen molar-refractivity contribution < 1.29 is 9.90 Å². The minimum atomic E-state index is -0.148. The van der Waals surface area contributed by atoms with Gasteiger partial charge in [-0.1, -0.05) is 39.3 Å². The van der Waals surface area contributed by atoms with E-state index >= 15 is 0 Å². The third-order valence-electron chi connectivity index (χ3n) is 3.27. The van der Waals surface area contributed by atoms with Crippen LogP contribution in [0.1, 0.15) is 45.1 Å². The number of nitrogens with one attached hydrogen (secondary N) is 1. The van der Waals surface area contributed by atoms with Gasteiger partial charge in [-0.3, -0.25) is 0 Å². The summed E-state index contributed by atoms with van der Waals surface area (Å²) in [5.74, 6) is 0.482. The maximum atomic E-state index is 12.1. The predicted octanol–water partition coefficient (Wildman–Crippen LogP) is 3.44. The molecule has 0 unspecified atom stereocenters. The molecule has 0 bridgehead atoms. The van der Waals surface area contributed by atoms with E-state index in [4.69, 9.17) is 5.11 Å². The Balaban J connectivity index is 2.62. The second-order valence-electron chi connectivity index (χ2n) is 5.27. The van der Waals surface area contributed by atoms with Gasteiger partial charge in [0.25, 0.3) is 0 Å². The van der Waals surface area contributed by atoms with E-state index in [2.05, 4.69) is 26.1 Å². The average Bonchev–Trinajstić information content (AvgIpc) is 2.43. The molecular formula is C16H26N2O2. The van der Waals surface area contributed by atoms with Crippen LogP contribution < -0.4 is 5.32 Å². The number of amides is 2. The quantitative estimate of drug-likeness (QED) is 0.802. The summed E-state index contributed by atoms with van der Waals surface area (Å²) in [4.78, 5) is 13.8. The first-order valence-electron chi connectivity index (χ1n) is 7.35. The summed E-state index contributed by atoms with van der Waals surface area (Å²) in [5, 5.41) is 11.9. The smallest absolute Gasteiger partial charge is 0.321 e. The largest absolute Gasteiger partial charge is 0.395 e. The normalized spacial score (nSPS) is 10.7. The van der Waals surface area contributed by atoms with Gasteiger partial charge in [0.2, 0.25) is 0 Å². The second-order valence-corrected chi connectivity index (χ2v) is 5.27. The van der Waals surface area contributed by atoms with E-state index in [0.717, 1.165) is 18.5 Å². The molecule has 0 heterocycles. The Morgan fingerprint density at radius 2 is 1.90 bits per heavy atom. The van der Waals surface area contributed by atoms with E-state index < -0.39 is 0 Å². The Kier molecular flexibility index (Phi) is 7.09. The van der Waals surface area contributed by atoms with Gasteiger partial charge in [0.15, 0.2) is 0 Å². The standard InChI is InChI=1S/C16H26N2O2/c1-4-5-10-18(11-12-19)16(20)17-15-8-6-14(7-9-15)13(2)3/h6-9,13,19H,4-5,10-12H2,1-3H3,(H,17,20). The van der Waals surface area contributed by atoms with Crippen molar-refractivity contribution in [2.24, 2.45) is 0 Å². The molecule has 0 spiro atoms. The predicted molar refractivity (Wildman–Crippen MR) is 83.1 cm³/mol. The van der Waals surface area contributed by atoms with Crippen molar-refractivity contribution in [1.29, 1.82) is 0 Å². The number of rotatable bonds is 7. The molecule has 4 nitrogen and oxygen atoms in total. The molecule has 0 atom stereocenters. The van der Waals surface area contributed by atoms with Gasteiger partial charge in [-0.2, -0.15) is 0 Å². The van der Waals surface area contributed by atoms with Crippen LogP contribution in [0.25, 0.3) is 0 Å². The van der Waals surface area contributed by atoms with Gasteiger partial charge < -0.3 is 15.3 Å². The topological polar surface area (TPSA) is 52.6 Å². The van der Waals surface area contributed by atoms with Gasteiger partial charge in [-0.05, 0) is 30.0 Å². The molecule has 1 aromatic rings. The number of anilines is 1. The summed E-state index contributed by atoms with van der Waals surface area (Å²) >= 11 is 0. The van der Waals surface area contributed by atoms with Crippen molar-refractivity contribution in [3.8, 4) is 0 Å². The van der Waals surface area contributed by atoms with E-state index in [1.165, 1.54) is 5.56 Å². The maximum absolute atomic E-state index is 12.1. The van der Waals surface area contributed by atoms with Crippen LogP contribution in [-0.2, 0) is 0 Å². The Hall–Kier alpha value is -1.55. The number of unbranched alkanes of at least 4 members (excludes halogenated alkanes) is 1. The molecule has 1 aromatic carbocycles. The summed E-state index contributed by atoms with van der Waals surface area (Å²) in [6.07, 6.45) is 1.97. The van der Waals surface area contributed by atoms with Gasteiger partial charge in [0.05, 0.1) is 6.61 Å². The molecule has 0 aliphatic heterocycles. The third kappa shape index (κ3) is 5.21. The second kappa shape index (κ2) is 8.59. The lowest BCUT2D eigenvalue weighted by molar-refractivity contribution is 0.187. The van der Waals surface area contributed by atoms with Crippen LogP contribution in [0, 0.1) is 0 Å². The van der Waals surface area contributed by atoms with Crippen LogP contribution in [0.15, 0.2) is 24.3 Å². The van der Waals surface area contributed by atoms with Crippen LogP contribution in [0.2, 0.25) is 0 Å². The molecule has 4 heteroatoms. The molecule has 0 saturated heterocycles. The molecule has 0 aromatic heterocycles. The SMILES string of the molecule is CCCCN(CCO)C(=O)Nc1ccc(C(C)C)cc1. The first-order valence-corrected chi connectivity index (χ1v) is 7.35. The number of aliphatic hydroxyl groups excluding tert-OH is 1. The summed E-state index contributed by atoms with van der Waals surface area (Å²) in [5.41, 5.74) is 2.04. The van der Waals surface area contributed by atoms with Crippen LogP contribution in [0.5, 0.6) is 0 Å². The van der Waals surface area contributed by atoms with E-state index in [1.807, 2.05) is 24.3 Å². The van der Waals surface area contributed by atoms with E-state index in [9.17, 15) is 4.79 Å². The van der Waals surface area contributed by atoms with Crippen molar-refractivity contribution in [1.82, 2.24) is 4.90 Å². The van der Waals surface area contributed by atoms with Gasteiger partial charge in [-0.25, -0.2) is 4.79 Å². The minimum absolute atomic E-state index is 0.0105. The molecule has 0 saturated carbocycles. The van der Waals surface area contributed by atoms with Crippen molar-refractivity contribution in [3.05, 3.63) is 29.8 Å². The highest BCUT2D eigenvalue weighted by Crippen LogP contribution is 2.17. The zero-order valence-corrected chi connectivity index (χ0v) is 12.7. The zero-order valence-electron chi connectivity index (χ0n) is 12.7. The molecule has 112 valence electrons. The van der Waals surface area contributed by atoms with Gasteiger partial charge in [0, 0.05) is 18.8 Å². The van der Waals surface area contributed by atoms with Crippen molar-refractivity contribution in [2.45, 2.75) is 39.5 Å². The van der Waals surface area contributed by atoms with E-state index in [0.29, 0.717) is 19.0 Å². The van der Waals surface area contributed by atoms with Gasteiger partial charge in [-0.15, -0.1) is 0 Å². The monoisotopic (exact) mass is 278 g/mol. The fraction of sp³-hybridized carbons (Fsp3) is 0.562. The molecule has 0 radical (unpaired) electrons. The Bertz CT molecular complexity index is 401. The number of hydrogen-bond acceptors (Lipinski definition) is 2. The molecule has 20 heavy (non-hydrogen) atoms. The number of aliphatic hydroxyl groups is 1. The highest BCUT2D eigenvalue weighted by Gasteiger charge is 2.12. The molecule has 2 N–H and O–H groups in total. The van der Waals surface area contributed by atoms with E-state index in [-0.39, 0.29) is 12.6 Å².